The molecular formula is C11H16N2O2. The molecule has 1 aliphatic rings. The van der Waals surface area contributed by atoms with Crippen LogP contribution in [0.3, 0.4) is 0 Å². The molecule has 1 saturated carbocycles. The Labute approximate surface area is 89.0 Å². The van der Waals surface area contributed by atoms with Crippen molar-refractivity contribution in [1.82, 2.24) is 10.6 Å². The highest BCUT2D eigenvalue weighted by atomic mass is 16.3. The Bertz CT molecular complexity index is 317. The minimum Gasteiger partial charge on any atom is -0.469 e. The molecule has 0 bridgehead atoms. The van der Waals surface area contributed by atoms with Gasteiger partial charge in [0.1, 0.15) is 5.76 Å². The van der Waals surface area contributed by atoms with E-state index in [2.05, 4.69) is 10.6 Å². The highest BCUT2D eigenvalue weighted by Gasteiger charge is 2.23. The minimum atomic E-state index is -0.0726. The van der Waals surface area contributed by atoms with Gasteiger partial charge in [0, 0.05) is 18.5 Å². The normalized spacial score (nSPS) is 17.1. The van der Waals surface area contributed by atoms with Crippen LogP contribution in [-0.2, 0) is 6.42 Å². The number of nitrogens with one attached hydrogen (secondary N) is 2. The minimum absolute atomic E-state index is 0.0726. The fraction of sp³-hybridized carbons (Fsp3) is 0.545. The van der Waals surface area contributed by atoms with E-state index in [0.29, 0.717) is 6.04 Å². The van der Waals surface area contributed by atoms with Gasteiger partial charge in [-0.05, 0) is 31.9 Å². The second kappa shape index (κ2) is 4.38. The summed E-state index contributed by atoms with van der Waals surface area (Å²) >= 11 is 0. The van der Waals surface area contributed by atoms with Crippen molar-refractivity contribution in [1.29, 1.82) is 0 Å². The summed E-state index contributed by atoms with van der Waals surface area (Å²) in [7, 11) is 0. The van der Waals surface area contributed by atoms with E-state index in [-0.39, 0.29) is 12.1 Å². The summed E-state index contributed by atoms with van der Waals surface area (Å²) in [6, 6.07) is 4.19. The molecule has 0 saturated heterocycles. The topological polar surface area (TPSA) is 54.3 Å². The molecule has 2 rings (SSSR count). The van der Waals surface area contributed by atoms with Crippen LogP contribution in [0.5, 0.6) is 0 Å². The quantitative estimate of drug-likeness (QED) is 0.790. The Morgan fingerprint density at radius 1 is 1.67 bits per heavy atom. The van der Waals surface area contributed by atoms with E-state index in [0.717, 1.165) is 25.0 Å². The van der Waals surface area contributed by atoms with Gasteiger partial charge in [0.25, 0.3) is 0 Å². The highest BCUT2D eigenvalue weighted by Crippen LogP contribution is 2.18. The molecule has 4 nitrogen and oxygen atoms in total. The average Bonchev–Trinajstić information content (AvgIpc) is 2.80. The van der Waals surface area contributed by atoms with Crippen molar-refractivity contribution >= 4 is 6.03 Å². The predicted molar refractivity (Wildman–Crippen MR) is 56.6 cm³/mol. The van der Waals surface area contributed by atoms with Crippen LogP contribution in [0.2, 0.25) is 0 Å². The summed E-state index contributed by atoms with van der Waals surface area (Å²) < 4.78 is 5.21. The lowest BCUT2D eigenvalue weighted by molar-refractivity contribution is 0.237. The van der Waals surface area contributed by atoms with Gasteiger partial charge in [0.2, 0.25) is 0 Å². The maximum atomic E-state index is 11.4. The molecular weight excluding hydrogens is 192 g/mol. The molecule has 1 aromatic heterocycles. The number of urea groups is 1. The Morgan fingerprint density at radius 2 is 2.47 bits per heavy atom. The van der Waals surface area contributed by atoms with E-state index in [4.69, 9.17) is 4.42 Å². The summed E-state index contributed by atoms with van der Waals surface area (Å²) in [5, 5.41) is 5.76. The number of hydrogen-bond donors (Lipinski definition) is 2. The first kappa shape index (κ1) is 10.1. The summed E-state index contributed by atoms with van der Waals surface area (Å²) in [5.41, 5.74) is 0. The van der Waals surface area contributed by atoms with Crippen LogP contribution in [0, 0.1) is 0 Å². The average molecular weight is 208 g/mol. The van der Waals surface area contributed by atoms with E-state index in [1.165, 1.54) is 0 Å². The van der Waals surface area contributed by atoms with Crippen LogP contribution in [0.4, 0.5) is 4.79 Å². The van der Waals surface area contributed by atoms with Gasteiger partial charge in [-0.15, -0.1) is 0 Å². The zero-order valence-corrected chi connectivity index (χ0v) is 8.82. The third-order valence-electron chi connectivity index (χ3n) is 2.38. The van der Waals surface area contributed by atoms with Crippen LogP contribution in [0.1, 0.15) is 25.5 Å². The first-order chi connectivity index (χ1) is 7.24. The smallest absolute Gasteiger partial charge is 0.315 e. The second-order valence-corrected chi connectivity index (χ2v) is 4.08. The molecule has 4 heteroatoms. The molecule has 15 heavy (non-hydrogen) atoms. The SMILES string of the molecule is C[C@H](Cc1ccco1)NC(=O)NC1CC1. The number of furan rings is 1. The zero-order valence-electron chi connectivity index (χ0n) is 8.82. The van der Waals surface area contributed by atoms with E-state index in [1.807, 2.05) is 19.1 Å². The van der Waals surface area contributed by atoms with Crippen molar-refractivity contribution in [3.05, 3.63) is 24.2 Å². The van der Waals surface area contributed by atoms with Crippen LogP contribution in [0.25, 0.3) is 0 Å². The Hall–Kier alpha value is -1.45. The van der Waals surface area contributed by atoms with Gasteiger partial charge in [-0.2, -0.15) is 0 Å². The van der Waals surface area contributed by atoms with Gasteiger partial charge in [-0.1, -0.05) is 0 Å². The van der Waals surface area contributed by atoms with Crippen LogP contribution in [-0.4, -0.2) is 18.1 Å². The Balaban J connectivity index is 1.71. The molecule has 2 amide bonds. The van der Waals surface area contributed by atoms with Gasteiger partial charge in [-0.25, -0.2) is 4.79 Å². The summed E-state index contributed by atoms with van der Waals surface area (Å²) in [5.74, 6) is 0.897. The fourth-order valence-electron chi connectivity index (χ4n) is 1.46. The van der Waals surface area contributed by atoms with Crippen molar-refractivity contribution in [3.63, 3.8) is 0 Å². The maximum Gasteiger partial charge on any atom is 0.315 e. The maximum absolute atomic E-state index is 11.4. The van der Waals surface area contributed by atoms with Crippen molar-refractivity contribution in [3.8, 4) is 0 Å². The fourth-order valence-corrected chi connectivity index (χ4v) is 1.46. The number of carbonyl (C=O) groups excluding carboxylic acids is 1. The van der Waals surface area contributed by atoms with Crippen LogP contribution >= 0.6 is 0 Å². The molecule has 0 aliphatic heterocycles. The summed E-state index contributed by atoms with van der Waals surface area (Å²) in [4.78, 5) is 11.4. The molecule has 1 aliphatic carbocycles. The second-order valence-electron chi connectivity index (χ2n) is 4.08. The van der Waals surface area contributed by atoms with Crippen molar-refractivity contribution in [2.75, 3.05) is 0 Å². The monoisotopic (exact) mass is 208 g/mol. The Morgan fingerprint density at radius 3 is 3.07 bits per heavy atom. The van der Waals surface area contributed by atoms with Crippen molar-refractivity contribution in [2.45, 2.75) is 38.3 Å². The van der Waals surface area contributed by atoms with Crippen molar-refractivity contribution in [2.24, 2.45) is 0 Å². The van der Waals surface area contributed by atoms with Crippen LogP contribution in [0.15, 0.2) is 22.8 Å². The van der Waals surface area contributed by atoms with E-state index >= 15 is 0 Å². The predicted octanol–water partition coefficient (Wildman–Crippen LogP) is 1.67. The number of rotatable bonds is 4. The molecule has 1 aromatic rings. The molecule has 2 N–H and O–H groups in total. The van der Waals surface area contributed by atoms with E-state index in [9.17, 15) is 4.79 Å². The molecule has 0 unspecified atom stereocenters. The molecule has 0 radical (unpaired) electrons. The highest BCUT2D eigenvalue weighted by molar-refractivity contribution is 5.74. The van der Waals surface area contributed by atoms with Gasteiger partial charge < -0.3 is 15.1 Å². The lowest BCUT2D eigenvalue weighted by Gasteiger charge is -2.12. The van der Waals surface area contributed by atoms with Gasteiger partial charge in [0.05, 0.1) is 6.26 Å². The van der Waals surface area contributed by atoms with Gasteiger partial charge in [-0.3, -0.25) is 0 Å². The first-order valence-corrected chi connectivity index (χ1v) is 5.33. The lowest BCUT2D eigenvalue weighted by atomic mass is 10.2. The third-order valence-corrected chi connectivity index (χ3v) is 2.38. The standard InChI is InChI=1S/C11H16N2O2/c1-8(7-10-3-2-6-15-10)12-11(14)13-9-4-5-9/h2-3,6,8-9H,4-5,7H2,1H3,(H2,12,13,14)/t8-/m1/s1. The van der Waals surface area contributed by atoms with E-state index in [1.54, 1.807) is 6.26 Å². The zero-order chi connectivity index (χ0) is 10.7. The van der Waals surface area contributed by atoms with Gasteiger partial charge in [0.15, 0.2) is 0 Å². The first-order valence-electron chi connectivity index (χ1n) is 5.33. The van der Waals surface area contributed by atoms with E-state index < -0.39 is 0 Å². The summed E-state index contributed by atoms with van der Waals surface area (Å²) in [6.07, 6.45) is 4.59. The lowest BCUT2D eigenvalue weighted by Crippen LogP contribution is -2.42. The van der Waals surface area contributed by atoms with Gasteiger partial charge >= 0.3 is 6.03 Å². The molecule has 1 heterocycles. The molecule has 0 spiro atoms. The number of hydrogen-bond acceptors (Lipinski definition) is 2. The summed E-state index contributed by atoms with van der Waals surface area (Å²) in [6.45, 7) is 1.97. The third kappa shape index (κ3) is 3.31. The molecule has 1 fully saturated rings. The molecule has 82 valence electrons. The number of carbonyl (C=O) groups is 1. The molecule has 0 aromatic carbocycles. The molecule has 1 atom stereocenters. The van der Waals surface area contributed by atoms with Crippen molar-refractivity contribution < 1.29 is 9.21 Å². The Kier molecular flexibility index (Phi) is 2.94. The largest absolute Gasteiger partial charge is 0.469 e. The van der Waals surface area contributed by atoms with Crippen LogP contribution < -0.4 is 10.6 Å². The number of amides is 2.